The summed E-state index contributed by atoms with van der Waals surface area (Å²) in [4.78, 5) is 21.3. The average Bonchev–Trinajstić information content (AvgIpc) is 2.18. The summed E-state index contributed by atoms with van der Waals surface area (Å²) in [7, 11) is 0. The van der Waals surface area contributed by atoms with Crippen molar-refractivity contribution in [2.75, 3.05) is 13.2 Å². The van der Waals surface area contributed by atoms with Crippen LogP contribution in [0.5, 0.6) is 0 Å². The van der Waals surface area contributed by atoms with Crippen LogP contribution in [0.3, 0.4) is 0 Å². The summed E-state index contributed by atoms with van der Waals surface area (Å²) in [5.74, 6) is 0. The van der Waals surface area contributed by atoms with Crippen molar-refractivity contribution in [3.8, 4) is 0 Å². The molecule has 0 aromatic carbocycles. The first-order valence-electron chi connectivity index (χ1n) is 5.22. The van der Waals surface area contributed by atoms with Gasteiger partial charge in [0.1, 0.15) is 0 Å². The van der Waals surface area contributed by atoms with Gasteiger partial charge in [-0.15, -0.1) is 0 Å². The summed E-state index contributed by atoms with van der Waals surface area (Å²) in [6.07, 6.45) is 3.63. The number of unbranched alkanes of at least 4 members (excludes halogenated alkanes) is 2. The molecule has 0 saturated carbocycles. The second-order valence-corrected chi connectivity index (χ2v) is 4.83. The van der Waals surface area contributed by atoms with Gasteiger partial charge in [-0.05, 0) is 0 Å². The van der Waals surface area contributed by atoms with E-state index in [-0.39, 0.29) is 0 Å². The van der Waals surface area contributed by atoms with Crippen LogP contribution in [0.15, 0.2) is 0 Å². The Morgan fingerprint density at radius 2 is 1.33 bits per heavy atom. The number of ether oxygens (including phenoxy) is 2. The van der Waals surface area contributed by atoms with Crippen LogP contribution in [0.4, 0.5) is 9.59 Å². The van der Waals surface area contributed by atoms with E-state index in [1.807, 2.05) is 13.8 Å². The summed E-state index contributed by atoms with van der Waals surface area (Å²) >= 11 is -0.832. The van der Waals surface area contributed by atoms with Crippen molar-refractivity contribution in [2.24, 2.45) is 0 Å². The van der Waals surface area contributed by atoms with Crippen LogP contribution in [-0.4, -0.2) is 37.9 Å². The third-order valence-corrected chi connectivity index (χ3v) is 2.80. The molecule has 4 nitrogen and oxygen atoms in total. The first-order chi connectivity index (χ1) is 7.20. The zero-order valence-corrected chi connectivity index (χ0v) is 11.0. The maximum absolute atomic E-state index is 11.1. The van der Waals surface area contributed by atoms with Gasteiger partial charge in [0.15, 0.2) is 0 Å². The van der Waals surface area contributed by atoms with E-state index in [1.165, 1.54) is 0 Å². The Bertz CT molecular complexity index is 174. The normalized spacial score (nSPS) is 9.73. The molecule has 0 rings (SSSR count). The molecule has 0 radical (unpaired) electrons. The fourth-order valence-corrected chi connectivity index (χ4v) is 1.61. The molecule has 0 atom stereocenters. The second kappa shape index (κ2) is 9.99. The van der Waals surface area contributed by atoms with Gasteiger partial charge in [-0.3, -0.25) is 0 Å². The van der Waals surface area contributed by atoms with Crippen molar-refractivity contribution in [3.63, 3.8) is 0 Å². The molecule has 0 N–H and O–H groups in total. The maximum atomic E-state index is 11.1. The van der Waals surface area contributed by atoms with Crippen molar-refractivity contribution in [2.45, 2.75) is 39.5 Å². The molecule has 0 aliphatic rings. The SMILES string of the molecule is CCCCOC(=O)[Se]C(=O)OCCCC. The van der Waals surface area contributed by atoms with Gasteiger partial charge in [0.2, 0.25) is 0 Å². The molecule has 0 aliphatic carbocycles. The van der Waals surface area contributed by atoms with Gasteiger partial charge in [-0.2, -0.15) is 0 Å². The molecule has 0 aliphatic heterocycles. The van der Waals surface area contributed by atoms with E-state index in [4.69, 9.17) is 9.47 Å². The number of carbonyl (C=O) groups is 2. The van der Waals surface area contributed by atoms with Gasteiger partial charge in [0.05, 0.1) is 0 Å². The molecule has 0 aromatic heterocycles. The van der Waals surface area contributed by atoms with Crippen molar-refractivity contribution in [1.29, 1.82) is 0 Å². The number of rotatable bonds is 8. The molecule has 0 spiro atoms. The van der Waals surface area contributed by atoms with Crippen LogP contribution in [0.1, 0.15) is 39.5 Å². The van der Waals surface area contributed by atoms with Crippen LogP contribution in [0.25, 0.3) is 0 Å². The molecule has 0 fully saturated rings. The Balaban J connectivity index is 3.45. The molecule has 5 heteroatoms. The minimum atomic E-state index is -0.832. The van der Waals surface area contributed by atoms with Gasteiger partial charge in [0, 0.05) is 0 Å². The van der Waals surface area contributed by atoms with E-state index in [9.17, 15) is 9.59 Å². The van der Waals surface area contributed by atoms with Gasteiger partial charge in [0.25, 0.3) is 0 Å². The minimum absolute atomic E-state index is 0.402. The molecule has 0 unspecified atom stereocenters. The van der Waals surface area contributed by atoms with E-state index in [1.54, 1.807) is 0 Å². The number of carbonyl (C=O) groups excluding carboxylic acids is 2. The molecular formula is C10H18O4Se. The second-order valence-electron chi connectivity index (χ2n) is 3.01. The van der Waals surface area contributed by atoms with Crippen molar-refractivity contribution < 1.29 is 19.1 Å². The van der Waals surface area contributed by atoms with Gasteiger partial charge >= 0.3 is 96.5 Å². The molecule has 88 valence electrons. The number of hydrogen-bond donors (Lipinski definition) is 0. The first kappa shape index (κ1) is 14.5. The third-order valence-electron chi connectivity index (χ3n) is 1.60. The molecule has 0 bridgehead atoms. The Kier molecular flexibility index (Phi) is 9.63. The summed E-state index contributed by atoms with van der Waals surface area (Å²) in [5.41, 5.74) is 0. The fraction of sp³-hybridized carbons (Fsp3) is 0.800. The van der Waals surface area contributed by atoms with Crippen LogP contribution in [0, 0.1) is 0 Å². The van der Waals surface area contributed by atoms with Crippen molar-refractivity contribution in [1.82, 2.24) is 0 Å². The van der Waals surface area contributed by atoms with Crippen LogP contribution < -0.4 is 0 Å². The van der Waals surface area contributed by atoms with Crippen molar-refractivity contribution >= 4 is 24.7 Å². The van der Waals surface area contributed by atoms with E-state index in [0.717, 1.165) is 25.7 Å². The van der Waals surface area contributed by atoms with Crippen LogP contribution in [-0.2, 0) is 9.47 Å². The standard InChI is InChI=1S/C10H18O4Se/c1-3-5-7-13-9(11)15-10(12)14-8-6-4-2/h3-8H2,1-2H3. The topological polar surface area (TPSA) is 52.6 Å². The quantitative estimate of drug-likeness (QED) is 0.507. The molecule has 0 amide bonds. The summed E-state index contributed by atoms with van der Waals surface area (Å²) in [6.45, 7) is 4.83. The van der Waals surface area contributed by atoms with Gasteiger partial charge < -0.3 is 0 Å². The molecule has 0 aromatic rings. The molecule has 0 heterocycles. The van der Waals surface area contributed by atoms with Crippen LogP contribution >= 0.6 is 0 Å². The number of hydrogen-bond acceptors (Lipinski definition) is 4. The Hall–Kier alpha value is -0.541. The van der Waals surface area contributed by atoms with Gasteiger partial charge in [-0.25, -0.2) is 0 Å². The van der Waals surface area contributed by atoms with Gasteiger partial charge in [-0.1, -0.05) is 0 Å². The molecular weight excluding hydrogens is 263 g/mol. The average molecular weight is 281 g/mol. The predicted molar refractivity (Wildman–Crippen MR) is 58.3 cm³/mol. The Morgan fingerprint density at radius 3 is 1.67 bits per heavy atom. The van der Waals surface area contributed by atoms with E-state index < -0.39 is 24.7 Å². The van der Waals surface area contributed by atoms with E-state index in [2.05, 4.69) is 0 Å². The first-order valence-corrected chi connectivity index (χ1v) is 6.93. The van der Waals surface area contributed by atoms with E-state index in [0.29, 0.717) is 13.2 Å². The Labute approximate surface area is 96.9 Å². The Morgan fingerprint density at radius 1 is 0.933 bits per heavy atom. The zero-order valence-electron chi connectivity index (χ0n) is 9.28. The van der Waals surface area contributed by atoms with Crippen molar-refractivity contribution in [3.05, 3.63) is 0 Å². The summed E-state index contributed by atoms with van der Waals surface area (Å²) in [5, 5.41) is 0. The van der Waals surface area contributed by atoms with E-state index >= 15 is 0 Å². The summed E-state index contributed by atoms with van der Waals surface area (Å²) in [6, 6.07) is 0. The summed E-state index contributed by atoms with van der Waals surface area (Å²) < 4.78 is 9.69. The zero-order chi connectivity index (χ0) is 11.5. The molecule has 15 heavy (non-hydrogen) atoms. The monoisotopic (exact) mass is 282 g/mol. The van der Waals surface area contributed by atoms with Crippen LogP contribution in [0.2, 0.25) is 0 Å². The predicted octanol–water partition coefficient (Wildman–Crippen LogP) is 2.56. The molecule has 0 saturated heterocycles. The third kappa shape index (κ3) is 9.76. The fourth-order valence-electron chi connectivity index (χ4n) is 0.727.